The number of aromatic amines is 1. The van der Waals surface area contributed by atoms with Crippen LogP contribution in [0.2, 0.25) is 0 Å². The van der Waals surface area contributed by atoms with E-state index in [2.05, 4.69) is 49.0 Å². The topological polar surface area (TPSA) is 82.9 Å². The normalized spacial score (nSPS) is 12.7. The highest BCUT2D eigenvalue weighted by molar-refractivity contribution is 5.75. The fraction of sp³-hybridized carbons (Fsp3) is 0.250. The summed E-state index contributed by atoms with van der Waals surface area (Å²) in [6.45, 7) is 5.03. The van der Waals surface area contributed by atoms with E-state index in [0.717, 1.165) is 41.4 Å². The molecule has 4 aromatic rings. The fourth-order valence-corrected chi connectivity index (χ4v) is 3.29. The molecule has 1 aromatic carbocycles. The molecule has 0 amide bonds. The van der Waals surface area contributed by atoms with Gasteiger partial charge in [0.25, 0.3) is 0 Å². The number of nitrogens with zero attached hydrogens (tertiary/aromatic N) is 4. The first kappa shape index (κ1) is 17.1. The number of fused-ring (bicyclic) bond motifs is 2. The monoisotopic (exact) mass is 361 g/mol. The highest BCUT2D eigenvalue weighted by Crippen LogP contribution is 2.28. The van der Waals surface area contributed by atoms with E-state index >= 15 is 0 Å². The van der Waals surface area contributed by atoms with Gasteiger partial charge in [0.1, 0.15) is 0 Å². The number of nitrogens with one attached hydrogen (secondary N) is 3. The summed E-state index contributed by atoms with van der Waals surface area (Å²) in [5.74, 6) is 0.730. The molecule has 1 aliphatic rings. The van der Waals surface area contributed by atoms with Crippen LogP contribution in [0.5, 0.6) is 0 Å². The summed E-state index contributed by atoms with van der Waals surface area (Å²) in [6, 6.07) is 6.41. The third-order valence-electron chi connectivity index (χ3n) is 4.53. The summed E-state index contributed by atoms with van der Waals surface area (Å²) in [5.41, 5.74) is 6.31. The van der Waals surface area contributed by atoms with E-state index in [9.17, 15) is 0 Å². The van der Waals surface area contributed by atoms with Gasteiger partial charge in [-0.05, 0) is 30.5 Å². The molecule has 27 heavy (non-hydrogen) atoms. The van der Waals surface area contributed by atoms with Crippen molar-refractivity contribution in [3.63, 3.8) is 0 Å². The smallest absolute Gasteiger partial charge is 0.180 e. The molecular formula is C20H23N7. The van der Waals surface area contributed by atoms with Crippen molar-refractivity contribution in [3.8, 4) is 11.3 Å². The highest BCUT2D eigenvalue weighted by Gasteiger charge is 2.13. The van der Waals surface area contributed by atoms with Crippen molar-refractivity contribution in [1.82, 2.24) is 24.6 Å². The Hall–Kier alpha value is -3.35. The molecule has 0 spiro atoms. The number of aromatic nitrogens is 5. The molecule has 7 heteroatoms. The molecule has 7 nitrogen and oxygen atoms in total. The number of anilines is 3. The van der Waals surface area contributed by atoms with Gasteiger partial charge in [-0.2, -0.15) is 5.10 Å². The second-order valence-electron chi connectivity index (χ2n) is 6.13. The van der Waals surface area contributed by atoms with Crippen LogP contribution in [-0.2, 0) is 6.42 Å². The van der Waals surface area contributed by atoms with Crippen molar-refractivity contribution in [2.24, 2.45) is 0 Å². The summed E-state index contributed by atoms with van der Waals surface area (Å²) >= 11 is 0. The van der Waals surface area contributed by atoms with Crippen molar-refractivity contribution >= 4 is 22.8 Å². The van der Waals surface area contributed by atoms with Gasteiger partial charge in [-0.1, -0.05) is 19.9 Å². The average molecular weight is 361 g/mol. The second-order valence-corrected chi connectivity index (χ2v) is 6.13. The van der Waals surface area contributed by atoms with Crippen molar-refractivity contribution in [2.45, 2.75) is 26.7 Å². The zero-order chi connectivity index (χ0) is 18.6. The van der Waals surface area contributed by atoms with Crippen LogP contribution >= 0.6 is 0 Å². The maximum atomic E-state index is 4.54. The molecule has 0 saturated carbocycles. The molecule has 0 fully saturated rings. The lowest BCUT2D eigenvalue weighted by Crippen LogP contribution is -2.11. The van der Waals surface area contributed by atoms with Crippen LogP contribution < -0.4 is 10.6 Å². The van der Waals surface area contributed by atoms with Gasteiger partial charge in [-0.15, -0.1) is 0 Å². The van der Waals surface area contributed by atoms with E-state index in [1.165, 1.54) is 17.7 Å². The van der Waals surface area contributed by atoms with Gasteiger partial charge in [-0.25, -0.2) is 9.97 Å². The molecule has 0 unspecified atom stereocenters. The van der Waals surface area contributed by atoms with E-state index in [0.29, 0.717) is 0 Å². The second kappa shape index (κ2) is 7.49. The van der Waals surface area contributed by atoms with Crippen LogP contribution in [0, 0.1) is 0 Å². The van der Waals surface area contributed by atoms with Gasteiger partial charge >= 0.3 is 0 Å². The fourth-order valence-electron chi connectivity index (χ4n) is 3.29. The van der Waals surface area contributed by atoms with Crippen LogP contribution in [0.4, 0.5) is 17.2 Å². The van der Waals surface area contributed by atoms with Gasteiger partial charge in [0, 0.05) is 42.1 Å². The number of benzene rings is 1. The Bertz CT molecular complexity index is 1030. The lowest BCUT2D eigenvalue weighted by molar-refractivity contribution is 0.830. The first-order valence-corrected chi connectivity index (χ1v) is 9.33. The number of H-pyrrole nitrogens is 1. The van der Waals surface area contributed by atoms with Crippen LogP contribution in [0.1, 0.15) is 25.8 Å². The van der Waals surface area contributed by atoms with Crippen LogP contribution in [0.3, 0.4) is 0 Å². The van der Waals surface area contributed by atoms with Crippen LogP contribution in [-0.4, -0.2) is 31.1 Å². The predicted molar refractivity (Wildman–Crippen MR) is 108 cm³/mol. The first-order valence-electron chi connectivity index (χ1n) is 9.33. The molecule has 5 rings (SSSR count). The molecule has 0 radical (unpaired) electrons. The highest BCUT2D eigenvalue weighted by atomic mass is 15.1. The molecule has 1 aliphatic heterocycles. The van der Waals surface area contributed by atoms with E-state index in [4.69, 9.17) is 0 Å². The quantitative estimate of drug-likeness (QED) is 0.508. The van der Waals surface area contributed by atoms with Crippen LogP contribution in [0.15, 0.2) is 49.2 Å². The zero-order valence-corrected chi connectivity index (χ0v) is 15.5. The Morgan fingerprint density at radius 2 is 2.07 bits per heavy atom. The number of rotatable bonds is 3. The summed E-state index contributed by atoms with van der Waals surface area (Å²) in [7, 11) is 0. The molecule has 138 valence electrons. The van der Waals surface area contributed by atoms with Gasteiger partial charge in [0.15, 0.2) is 11.5 Å². The van der Waals surface area contributed by atoms with Crippen molar-refractivity contribution in [3.05, 3.63) is 54.7 Å². The Morgan fingerprint density at radius 1 is 1.15 bits per heavy atom. The maximum Gasteiger partial charge on any atom is 0.180 e. The van der Waals surface area contributed by atoms with Crippen LogP contribution in [0.25, 0.3) is 16.9 Å². The molecule has 0 saturated heterocycles. The van der Waals surface area contributed by atoms with Gasteiger partial charge in [0.2, 0.25) is 0 Å². The summed E-state index contributed by atoms with van der Waals surface area (Å²) < 4.78 is 2.01. The number of imidazole rings is 1. The number of hydrogen-bond acceptors (Lipinski definition) is 5. The van der Waals surface area contributed by atoms with Gasteiger partial charge < -0.3 is 10.6 Å². The molecule has 0 bridgehead atoms. The third-order valence-corrected chi connectivity index (χ3v) is 4.53. The average Bonchev–Trinajstić information content (AvgIpc) is 3.39. The number of aryl methyl sites for hydroxylation is 1. The SMILES string of the molecule is CC.c1cn2c(-c3cn[nH]c3)cnc2c(Nc2ccc3c(c2)NCCC3)n1. The summed E-state index contributed by atoms with van der Waals surface area (Å²) in [4.78, 5) is 9.01. The largest absolute Gasteiger partial charge is 0.385 e. The minimum Gasteiger partial charge on any atom is -0.385 e. The molecule has 0 atom stereocenters. The summed E-state index contributed by atoms with van der Waals surface area (Å²) in [6.07, 6.45) is 11.5. The minimum absolute atomic E-state index is 0.730. The Kier molecular flexibility index (Phi) is 4.74. The lowest BCUT2D eigenvalue weighted by Gasteiger charge is -2.19. The van der Waals surface area contributed by atoms with E-state index in [-0.39, 0.29) is 0 Å². The third kappa shape index (κ3) is 3.23. The lowest BCUT2D eigenvalue weighted by atomic mass is 10.0. The Labute approximate surface area is 157 Å². The van der Waals surface area contributed by atoms with E-state index in [1.54, 1.807) is 12.4 Å². The first-order chi connectivity index (χ1) is 13.4. The van der Waals surface area contributed by atoms with Crippen molar-refractivity contribution < 1.29 is 0 Å². The zero-order valence-electron chi connectivity index (χ0n) is 15.5. The molecule has 4 heterocycles. The predicted octanol–water partition coefficient (Wildman–Crippen LogP) is 4.25. The summed E-state index contributed by atoms with van der Waals surface area (Å²) in [5, 5.41) is 13.7. The van der Waals surface area contributed by atoms with Gasteiger partial charge in [0.05, 0.1) is 18.1 Å². The molecule has 3 N–H and O–H groups in total. The molecule has 0 aliphatic carbocycles. The molecule has 3 aromatic heterocycles. The Balaban J connectivity index is 0.000000872. The Morgan fingerprint density at radius 3 is 2.93 bits per heavy atom. The van der Waals surface area contributed by atoms with E-state index in [1.807, 2.05) is 36.8 Å². The van der Waals surface area contributed by atoms with Crippen molar-refractivity contribution in [1.29, 1.82) is 0 Å². The maximum absolute atomic E-state index is 4.54. The standard InChI is InChI=1S/C18H17N7.C2H6/c1-2-12-3-4-14(8-15(12)19-5-1)24-17-18-21-11-16(13-9-22-23-10-13)25(18)7-6-20-17;1-2/h3-4,6-11,19H,1-2,5H2,(H,20,24)(H,22,23);1-2H3. The van der Waals surface area contributed by atoms with Crippen molar-refractivity contribution in [2.75, 3.05) is 17.2 Å². The minimum atomic E-state index is 0.730. The van der Waals surface area contributed by atoms with E-state index < -0.39 is 0 Å². The molecular weight excluding hydrogens is 338 g/mol. The van der Waals surface area contributed by atoms with Gasteiger partial charge in [-0.3, -0.25) is 9.50 Å². The number of hydrogen-bond donors (Lipinski definition) is 3.